The first kappa shape index (κ1) is 12.5. The molecule has 1 aliphatic heterocycles. The lowest BCUT2D eigenvalue weighted by molar-refractivity contribution is -0.160. The summed E-state index contributed by atoms with van der Waals surface area (Å²) in [4.78, 5) is 48.1. The summed E-state index contributed by atoms with van der Waals surface area (Å²) in [7, 11) is 1.43. The van der Waals surface area contributed by atoms with E-state index in [0.29, 0.717) is 12.8 Å². The van der Waals surface area contributed by atoms with Crippen LogP contribution in [0.1, 0.15) is 26.2 Å². The van der Waals surface area contributed by atoms with E-state index in [4.69, 9.17) is 0 Å². The molecule has 2 fully saturated rings. The highest BCUT2D eigenvalue weighted by Crippen LogP contribution is 2.44. The van der Waals surface area contributed by atoms with Gasteiger partial charge in [-0.1, -0.05) is 6.42 Å². The summed E-state index contributed by atoms with van der Waals surface area (Å²) < 4.78 is 0. The van der Waals surface area contributed by atoms with Crippen LogP contribution in [-0.2, 0) is 14.4 Å². The van der Waals surface area contributed by atoms with Crippen LogP contribution >= 0.6 is 0 Å². The van der Waals surface area contributed by atoms with Gasteiger partial charge in [0.2, 0.25) is 17.7 Å². The van der Waals surface area contributed by atoms with Crippen LogP contribution in [0.2, 0.25) is 0 Å². The molecule has 1 saturated carbocycles. The fraction of sp³-hybridized carbons (Fsp3) is 0.636. The van der Waals surface area contributed by atoms with Crippen molar-refractivity contribution in [1.29, 1.82) is 0 Å². The zero-order valence-corrected chi connectivity index (χ0v) is 10.3. The number of barbiturate groups is 1. The van der Waals surface area contributed by atoms with Crippen LogP contribution in [0, 0.1) is 5.41 Å². The number of amides is 5. The lowest BCUT2D eigenvalue weighted by Gasteiger charge is -2.45. The quantitative estimate of drug-likeness (QED) is 0.640. The predicted molar refractivity (Wildman–Crippen MR) is 60.2 cm³/mol. The molecule has 2 aliphatic rings. The lowest BCUT2D eigenvalue weighted by Crippen LogP contribution is -2.69. The SMILES string of the molecule is CNC(=O)C(C)N1C(=O)NC(=O)C2(CCC2)C1=O. The highest BCUT2D eigenvalue weighted by atomic mass is 16.2. The van der Waals surface area contributed by atoms with Crippen molar-refractivity contribution >= 4 is 23.8 Å². The van der Waals surface area contributed by atoms with Crippen molar-refractivity contribution in [2.75, 3.05) is 7.05 Å². The molecule has 7 heteroatoms. The molecule has 2 rings (SSSR count). The van der Waals surface area contributed by atoms with Gasteiger partial charge in [-0.15, -0.1) is 0 Å². The molecule has 1 unspecified atom stereocenters. The number of nitrogens with zero attached hydrogens (tertiary/aromatic N) is 1. The maximum absolute atomic E-state index is 12.3. The number of hydrogen-bond acceptors (Lipinski definition) is 4. The first-order valence-electron chi connectivity index (χ1n) is 5.85. The van der Waals surface area contributed by atoms with Gasteiger partial charge >= 0.3 is 6.03 Å². The van der Waals surface area contributed by atoms with Crippen molar-refractivity contribution in [3.05, 3.63) is 0 Å². The summed E-state index contributed by atoms with van der Waals surface area (Å²) in [5.74, 6) is -1.54. The Morgan fingerprint density at radius 1 is 1.39 bits per heavy atom. The molecule has 0 radical (unpaired) electrons. The van der Waals surface area contributed by atoms with Gasteiger partial charge in [0.1, 0.15) is 11.5 Å². The number of nitrogens with one attached hydrogen (secondary N) is 2. The first-order valence-corrected chi connectivity index (χ1v) is 5.85. The monoisotopic (exact) mass is 253 g/mol. The molecular formula is C11H15N3O4. The Labute approximate surface area is 104 Å². The van der Waals surface area contributed by atoms with Crippen molar-refractivity contribution in [2.24, 2.45) is 5.41 Å². The number of rotatable bonds is 2. The van der Waals surface area contributed by atoms with Gasteiger partial charge in [-0.25, -0.2) is 4.79 Å². The van der Waals surface area contributed by atoms with Crippen molar-refractivity contribution in [2.45, 2.75) is 32.2 Å². The van der Waals surface area contributed by atoms with Crippen molar-refractivity contribution in [3.63, 3.8) is 0 Å². The highest BCUT2D eigenvalue weighted by molar-refractivity contribution is 6.20. The largest absolute Gasteiger partial charge is 0.357 e. The van der Waals surface area contributed by atoms with E-state index in [1.165, 1.54) is 14.0 Å². The molecule has 1 aliphatic carbocycles. The number of hydrogen-bond donors (Lipinski definition) is 2. The topological polar surface area (TPSA) is 95.6 Å². The molecule has 0 aromatic rings. The zero-order valence-electron chi connectivity index (χ0n) is 10.3. The van der Waals surface area contributed by atoms with E-state index in [9.17, 15) is 19.2 Å². The smallest absolute Gasteiger partial charge is 0.331 e. The van der Waals surface area contributed by atoms with E-state index in [1.807, 2.05) is 0 Å². The lowest BCUT2D eigenvalue weighted by atomic mass is 9.66. The number of imide groups is 2. The molecule has 7 nitrogen and oxygen atoms in total. The highest BCUT2D eigenvalue weighted by Gasteiger charge is 2.58. The zero-order chi connectivity index (χ0) is 13.5. The van der Waals surface area contributed by atoms with Crippen LogP contribution in [0.3, 0.4) is 0 Å². The average Bonchev–Trinajstić information content (AvgIpc) is 2.25. The van der Waals surface area contributed by atoms with Crippen LogP contribution in [0.25, 0.3) is 0 Å². The van der Waals surface area contributed by atoms with Crippen molar-refractivity contribution in [3.8, 4) is 0 Å². The minimum Gasteiger partial charge on any atom is -0.357 e. The second-order valence-corrected chi connectivity index (χ2v) is 4.66. The number of likely N-dealkylation sites (N-methyl/N-ethyl adjacent to an activating group) is 1. The number of urea groups is 1. The van der Waals surface area contributed by atoms with E-state index < -0.39 is 35.2 Å². The average molecular weight is 253 g/mol. The maximum atomic E-state index is 12.3. The predicted octanol–water partition coefficient (Wildman–Crippen LogP) is -0.630. The third-order valence-electron chi connectivity index (χ3n) is 3.72. The van der Waals surface area contributed by atoms with Crippen molar-refractivity contribution < 1.29 is 19.2 Å². The van der Waals surface area contributed by atoms with Crippen molar-refractivity contribution in [1.82, 2.24) is 15.5 Å². The van der Waals surface area contributed by atoms with Gasteiger partial charge in [-0.05, 0) is 19.8 Å². The van der Waals surface area contributed by atoms with E-state index in [2.05, 4.69) is 10.6 Å². The standard InChI is InChI=1S/C11H15N3O4/c1-6(7(15)12-2)14-9(17)11(4-3-5-11)8(16)13-10(14)18/h6H,3-5H2,1-2H3,(H,12,15)(H,13,16,18). The summed E-state index contributed by atoms with van der Waals surface area (Å²) >= 11 is 0. The molecule has 0 bridgehead atoms. The van der Waals surface area contributed by atoms with Gasteiger partial charge in [0.15, 0.2) is 0 Å². The van der Waals surface area contributed by atoms with Gasteiger partial charge in [-0.2, -0.15) is 0 Å². The van der Waals surface area contributed by atoms with Crippen LogP contribution in [0.5, 0.6) is 0 Å². The maximum Gasteiger partial charge on any atom is 0.331 e. The molecule has 1 spiro atoms. The Bertz CT molecular complexity index is 442. The Hall–Kier alpha value is -1.92. The minimum absolute atomic E-state index is 0.432. The second-order valence-electron chi connectivity index (χ2n) is 4.66. The van der Waals surface area contributed by atoms with E-state index >= 15 is 0 Å². The van der Waals surface area contributed by atoms with E-state index in [-0.39, 0.29) is 0 Å². The van der Waals surface area contributed by atoms with Crippen LogP contribution in [-0.4, -0.2) is 41.7 Å². The minimum atomic E-state index is -1.13. The van der Waals surface area contributed by atoms with E-state index in [0.717, 1.165) is 11.3 Å². The molecular weight excluding hydrogens is 238 g/mol. The fourth-order valence-electron chi connectivity index (χ4n) is 2.35. The molecule has 5 amide bonds. The summed E-state index contributed by atoms with van der Waals surface area (Å²) in [6.45, 7) is 1.46. The molecule has 1 saturated heterocycles. The second kappa shape index (κ2) is 4.08. The van der Waals surface area contributed by atoms with Gasteiger partial charge in [0.05, 0.1) is 0 Å². The Morgan fingerprint density at radius 2 is 2.00 bits per heavy atom. The molecule has 1 heterocycles. The third kappa shape index (κ3) is 1.50. The molecule has 0 aromatic heterocycles. The summed E-state index contributed by atoms with van der Waals surface area (Å²) in [6, 6.07) is -1.74. The van der Waals surface area contributed by atoms with Crippen LogP contribution in [0.15, 0.2) is 0 Å². The normalized spacial score (nSPS) is 23.4. The summed E-state index contributed by atoms with van der Waals surface area (Å²) in [6.07, 6.45) is 1.64. The molecule has 18 heavy (non-hydrogen) atoms. The fourth-order valence-corrected chi connectivity index (χ4v) is 2.35. The number of carbonyl (C=O) groups is 4. The van der Waals surface area contributed by atoms with Gasteiger partial charge in [-0.3, -0.25) is 24.6 Å². The Balaban J connectivity index is 2.30. The third-order valence-corrected chi connectivity index (χ3v) is 3.72. The molecule has 2 N–H and O–H groups in total. The molecule has 98 valence electrons. The summed E-state index contributed by atoms with van der Waals surface area (Å²) in [5, 5.41) is 4.54. The Morgan fingerprint density at radius 3 is 2.44 bits per heavy atom. The number of carbonyl (C=O) groups excluding carboxylic acids is 4. The van der Waals surface area contributed by atoms with Gasteiger partial charge in [0, 0.05) is 7.05 Å². The summed E-state index contributed by atoms with van der Waals surface area (Å²) in [5.41, 5.74) is -1.13. The van der Waals surface area contributed by atoms with Gasteiger partial charge in [0.25, 0.3) is 0 Å². The first-order chi connectivity index (χ1) is 8.44. The van der Waals surface area contributed by atoms with Crippen LogP contribution < -0.4 is 10.6 Å². The van der Waals surface area contributed by atoms with E-state index in [1.54, 1.807) is 0 Å². The van der Waals surface area contributed by atoms with Crippen LogP contribution in [0.4, 0.5) is 4.79 Å². The Kier molecular flexibility index (Phi) is 2.84. The molecule has 0 aromatic carbocycles. The molecule has 1 atom stereocenters. The van der Waals surface area contributed by atoms with Gasteiger partial charge < -0.3 is 5.32 Å².